The number of aryl methyl sites for hydroxylation is 2. The first-order valence-corrected chi connectivity index (χ1v) is 39.0. The molecule has 0 spiro atoms. The van der Waals surface area contributed by atoms with E-state index >= 15 is 0 Å². The average Bonchev–Trinajstić information content (AvgIpc) is 1.66. The van der Waals surface area contributed by atoms with Crippen molar-refractivity contribution in [2.24, 2.45) is 0 Å². The molecule has 0 atom stereocenters. The maximum Gasteiger partial charge on any atom is 1.00 e. The number of carboxylic acid groups (broad SMARTS) is 1. The fourth-order valence-electron chi connectivity index (χ4n) is 12.5. The molecular formula is C67H94BN11NaO15S4. The number of sulfone groups is 2. The molecule has 6 aromatic heterocycles. The Morgan fingerprint density at radius 2 is 0.939 bits per heavy atom. The van der Waals surface area contributed by atoms with Gasteiger partial charge in [-0.15, -0.1) is 22.7 Å². The van der Waals surface area contributed by atoms with Crippen molar-refractivity contribution < 1.29 is 99.4 Å². The number of thiophene rings is 2. The number of fused-ring (bicyclic) bond motifs is 2. The topological polar surface area (TPSA) is 309 Å². The molecule has 0 N–H and O–H groups in total. The number of piperidine rings is 3. The summed E-state index contributed by atoms with van der Waals surface area (Å²) in [5, 5.41) is 8.89. The summed E-state index contributed by atoms with van der Waals surface area (Å²) in [5.74, 6) is -0.453. The van der Waals surface area contributed by atoms with Gasteiger partial charge in [-0.05, 0) is 84.8 Å². The summed E-state index contributed by atoms with van der Waals surface area (Å²) < 4.78 is 72.5. The van der Waals surface area contributed by atoms with Crippen LogP contribution < -0.4 is 53.9 Å². The van der Waals surface area contributed by atoms with Crippen LogP contribution in [-0.2, 0) is 82.7 Å². The van der Waals surface area contributed by atoms with Gasteiger partial charge in [0, 0.05) is 168 Å². The summed E-state index contributed by atoms with van der Waals surface area (Å²) in [6.07, 6.45) is 22.5. The number of anilines is 2. The Labute approximate surface area is 614 Å². The predicted octanol–water partition coefficient (Wildman–Crippen LogP) is 4.27. The average molecular weight is 1460 g/mol. The van der Waals surface area contributed by atoms with Crippen LogP contribution in [0, 0.1) is 13.8 Å². The minimum Gasteiger partial charge on any atom is -0.550 e. The fourth-order valence-corrected chi connectivity index (χ4v) is 16.3. The molecule has 1 aliphatic carbocycles. The largest absolute Gasteiger partial charge is 1.00 e. The molecule has 32 heteroatoms. The smallest absolute Gasteiger partial charge is 0.550 e. The maximum atomic E-state index is 12.2. The summed E-state index contributed by atoms with van der Waals surface area (Å²) in [7, 11) is -3.60. The number of ether oxygens (including phenoxy) is 4. The summed E-state index contributed by atoms with van der Waals surface area (Å²) in [6, 6.07) is 4.38. The van der Waals surface area contributed by atoms with Crippen LogP contribution in [0.25, 0.3) is 42.9 Å². The van der Waals surface area contributed by atoms with E-state index in [1.165, 1.54) is 121 Å². The van der Waals surface area contributed by atoms with E-state index < -0.39 is 37.6 Å². The Kier molecular flexibility index (Phi) is 33.1. The minimum atomic E-state index is -3.30. The van der Waals surface area contributed by atoms with Crippen molar-refractivity contribution in [3.63, 3.8) is 0 Å². The minimum absolute atomic E-state index is 0. The van der Waals surface area contributed by atoms with Crippen molar-refractivity contribution in [1.82, 2.24) is 44.6 Å². The van der Waals surface area contributed by atoms with Crippen molar-refractivity contribution in [2.75, 3.05) is 128 Å². The molecule has 0 amide bonds. The van der Waals surface area contributed by atoms with Gasteiger partial charge in [-0.3, -0.25) is 14.6 Å². The predicted molar refractivity (Wildman–Crippen MR) is 378 cm³/mol. The number of morpholine rings is 2. The second-order valence-electron chi connectivity index (χ2n) is 25.2. The van der Waals surface area contributed by atoms with Gasteiger partial charge in [0.1, 0.15) is 5.78 Å². The number of hydrogen-bond donors (Lipinski definition) is 0. The molecule has 99 heavy (non-hydrogen) atoms. The third-order valence-electron chi connectivity index (χ3n) is 17.3. The van der Waals surface area contributed by atoms with Crippen LogP contribution >= 0.6 is 22.7 Å². The summed E-state index contributed by atoms with van der Waals surface area (Å²) in [5.41, 5.74) is 8.32. The van der Waals surface area contributed by atoms with Crippen molar-refractivity contribution in [1.29, 1.82) is 0 Å². The van der Waals surface area contributed by atoms with Crippen molar-refractivity contribution >= 4 is 107 Å². The molecule has 3 radical (unpaired) electrons. The van der Waals surface area contributed by atoms with Crippen LogP contribution in [0.5, 0.6) is 11.8 Å². The van der Waals surface area contributed by atoms with E-state index in [0.29, 0.717) is 93.1 Å². The Hall–Kier alpha value is -5.58. The molecule has 0 aromatic carbocycles. The van der Waals surface area contributed by atoms with Gasteiger partial charge in [0.15, 0.2) is 19.7 Å². The van der Waals surface area contributed by atoms with Crippen LogP contribution in [-0.4, -0.2) is 218 Å². The van der Waals surface area contributed by atoms with Crippen LogP contribution in [0.15, 0.2) is 24.5 Å². The number of aliphatic carboxylic acids is 1. The third kappa shape index (κ3) is 25.1. The summed E-state index contributed by atoms with van der Waals surface area (Å²) >= 11 is 3.35. The molecule has 6 aromatic rings. The number of carbonyl (C=O) groups excluding carboxylic acids is 4. The molecule has 6 aliphatic rings. The van der Waals surface area contributed by atoms with E-state index in [1.807, 2.05) is 12.1 Å². The number of carboxylic acids is 1. The van der Waals surface area contributed by atoms with E-state index in [0.717, 1.165) is 127 Å². The van der Waals surface area contributed by atoms with Crippen molar-refractivity contribution in [3.05, 3.63) is 56.5 Å². The Bertz CT molecular complexity index is 3850. The maximum absolute atomic E-state index is 12.2. The number of likely N-dealkylation sites (tertiary alicyclic amines) is 3. The van der Waals surface area contributed by atoms with E-state index in [-0.39, 0.29) is 55.4 Å². The van der Waals surface area contributed by atoms with Crippen LogP contribution in [0.4, 0.5) is 11.9 Å². The van der Waals surface area contributed by atoms with Gasteiger partial charge < -0.3 is 43.5 Å². The Balaban J connectivity index is 0.000000246. The number of nitrogens with zero attached hydrogens (tertiary/aromatic N) is 11. The second-order valence-corrected chi connectivity index (χ2v) is 31.9. The number of ketones is 1. The first kappa shape index (κ1) is 82.4. The molecule has 5 aliphatic heterocycles. The molecule has 0 bridgehead atoms. The summed E-state index contributed by atoms with van der Waals surface area (Å²) in [6.45, 7) is 20.7. The van der Waals surface area contributed by atoms with Gasteiger partial charge in [-0.1, -0.05) is 44.9 Å². The molecule has 535 valence electrons. The van der Waals surface area contributed by atoms with Crippen LogP contribution in [0.3, 0.4) is 0 Å². The van der Waals surface area contributed by atoms with Gasteiger partial charge in [0.2, 0.25) is 23.7 Å². The molecule has 5 saturated heterocycles. The van der Waals surface area contributed by atoms with E-state index in [2.05, 4.69) is 58.1 Å². The van der Waals surface area contributed by atoms with Gasteiger partial charge >= 0.3 is 41.5 Å². The molecule has 12 rings (SSSR count). The van der Waals surface area contributed by atoms with Crippen LogP contribution in [0.1, 0.15) is 136 Å². The Morgan fingerprint density at radius 3 is 1.29 bits per heavy atom. The third-order valence-corrected chi connectivity index (χ3v) is 21.2. The second kappa shape index (κ2) is 39.7. The zero-order valence-corrected chi connectivity index (χ0v) is 64.3. The molecule has 0 unspecified atom stereocenters. The zero-order chi connectivity index (χ0) is 69.8. The molecule has 1 saturated carbocycles. The zero-order valence-electron chi connectivity index (χ0n) is 59.1. The molecule has 11 heterocycles. The van der Waals surface area contributed by atoms with Gasteiger partial charge in [-0.25, -0.2) is 66.1 Å². The van der Waals surface area contributed by atoms with Gasteiger partial charge in [0.25, 0.3) is 0 Å². The number of pyridine rings is 2. The fraction of sp³-hybridized carbons (Fsp3) is 0.612. The van der Waals surface area contributed by atoms with E-state index in [1.54, 1.807) is 35.1 Å². The number of aromatic nitrogens is 6. The molecule has 26 nitrogen and oxygen atoms in total. The number of carbonyl (C=O) groups is 4. The van der Waals surface area contributed by atoms with Crippen molar-refractivity contribution in [3.8, 4) is 34.3 Å². The van der Waals surface area contributed by atoms with Crippen LogP contribution in [0.2, 0.25) is 0 Å². The Morgan fingerprint density at radius 1 is 0.576 bits per heavy atom. The summed E-state index contributed by atoms with van der Waals surface area (Å²) in [4.78, 5) is 91.5. The normalized spacial score (nSPS) is 17.3. The monoisotopic (exact) mass is 1450 g/mol. The SMILES string of the molecule is C1CCCCC1.CC(=O)OOC(C)=O.CC(=O)[O-].COc1ncc(-c2nc(N3CCOCC3)nc3c(CN4CCC(=O)CC4)c(C)sc23)cc1CS(C)(=O)=O.COc1ncc(-c2nc(N3CCOCC3)nc3c(CN4CCC(N5CCCCC5)CC4)c(C)sc23)cc1CS(C)(=O)=O.[B].[Na+]. The van der Waals surface area contributed by atoms with Crippen molar-refractivity contribution in [2.45, 2.75) is 149 Å². The van der Waals surface area contributed by atoms with E-state index in [4.69, 9.17) is 48.8 Å². The first-order valence-electron chi connectivity index (χ1n) is 33.3. The number of rotatable bonds is 15. The standard InChI is InChI=1S/C30H42N6O4S2.C25H31N5O5S2.C6H12.C4H6O4.C2H4O2.B.Na/c1-21-25(19-34-11-7-24(8-12-34)35-9-5-4-6-10-35)27-28(41-21)26(32-30(33-27)36-13-15-40-16-14-36)22-17-23(20-42(3,37)38)29(39-2)31-18-22;1-16-20(14-29-6-4-19(31)5-7-29)22-23(36-16)21(27-25(28-22)30-8-10-35-11-9-30)17-12-18(15-37(3,32)33)24(34-2)26-13-17;1-2-4-6-5-3-1;1-3(5)7-8-4(2)6;1-2(3)4;;/h17-18,24H,4-16,19-20H2,1-3H3;12-13H,4-11,14-15H2,1-3H3;1-6H2;1-2H3;1H3,(H,3,4);;/q;;;;;;+1/p-1. The van der Waals surface area contributed by atoms with E-state index in [9.17, 15) is 31.2 Å². The quantitative estimate of drug-likeness (QED) is 0.0787. The molecule has 6 fully saturated rings. The molecular weight excluding hydrogens is 1360 g/mol. The number of hydrogen-bond acceptors (Lipinski definition) is 28. The first-order chi connectivity index (χ1) is 46.4. The van der Waals surface area contributed by atoms with Gasteiger partial charge in [0.05, 0.1) is 84.0 Å². The number of Topliss-reactive ketones (excluding diaryl/α,β-unsaturated/α-hetero) is 1. The number of methoxy groups -OCH3 is 2. The van der Waals surface area contributed by atoms with Gasteiger partial charge in [-0.2, -0.15) is 0 Å².